The SMILES string of the molecule is CC(C)n1cc(C(N)CC(F)(F)F)cn1. The maximum Gasteiger partial charge on any atom is 0.390 e. The van der Waals surface area contributed by atoms with Crippen molar-refractivity contribution in [1.29, 1.82) is 0 Å². The molecule has 0 amide bonds. The molecule has 3 nitrogen and oxygen atoms in total. The molecule has 0 radical (unpaired) electrons. The fourth-order valence-electron chi connectivity index (χ4n) is 1.19. The second-order valence-electron chi connectivity index (χ2n) is 3.77. The summed E-state index contributed by atoms with van der Waals surface area (Å²) in [5.41, 5.74) is 5.84. The van der Waals surface area contributed by atoms with E-state index in [-0.39, 0.29) is 6.04 Å². The Labute approximate surface area is 86.1 Å². The van der Waals surface area contributed by atoms with E-state index in [0.717, 1.165) is 0 Å². The van der Waals surface area contributed by atoms with Crippen molar-refractivity contribution < 1.29 is 13.2 Å². The first kappa shape index (κ1) is 12.0. The van der Waals surface area contributed by atoms with Crippen LogP contribution in [0.3, 0.4) is 0 Å². The van der Waals surface area contributed by atoms with E-state index in [1.807, 2.05) is 13.8 Å². The highest BCUT2D eigenvalue weighted by atomic mass is 19.4. The molecule has 0 bridgehead atoms. The summed E-state index contributed by atoms with van der Waals surface area (Å²) in [4.78, 5) is 0. The van der Waals surface area contributed by atoms with Crippen LogP contribution in [0.15, 0.2) is 12.4 Å². The predicted molar refractivity (Wildman–Crippen MR) is 50.2 cm³/mol. The minimum atomic E-state index is -4.24. The standard InChI is InChI=1S/C9H14F3N3/c1-6(2)15-5-7(4-14-15)8(13)3-9(10,11)12/h4-6,8H,3,13H2,1-2H3. The Hall–Kier alpha value is -1.04. The highest BCUT2D eigenvalue weighted by molar-refractivity contribution is 5.10. The Morgan fingerprint density at radius 2 is 2.07 bits per heavy atom. The Morgan fingerprint density at radius 1 is 1.47 bits per heavy atom. The van der Waals surface area contributed by atoms with Gasteiger partial charge >= 0.3 is 6.18 Å². The second-order valence-corrected chi connectivity index (χ2v) is 3.77. The molecule has 1 aromatic rings. The lowest BCUT2D eigenvalue weighted by Gasteiger charge is -2.12. The van der Waals surface area contributed by atoms with Crippen LogP contribution in [0, 0.1) is 0 Å². The van der Waals surface area contributed by atoms with Crippen LogP contribution >= 0.6 is 0 Å². The predicted octanol–water partition coefficient (Wildman–Crippen LogP) is 2.42. The lowest BCUT2D eigenvalue weighted by atomic mass is 10.1. The third-order valence-corrected chi connectivity index (χ3v) is 2.03. The largest absolute Gasteiger partial charge is 0.390 e. The molecule has 0 saturated carbocycles. The van der Waals surface area contributed by atoms with E-state index < -0.39 is 18.6 Å². The molecule has 1 heterocycles. The average Bonchev–Trinajstić information content (AvgIpc) is 2.47. The molecule has 1 rings (SSSR count). The van der Waals surface area contributed by atoms with Gasteiger partial charge in [0, 0.05) is 23.8 Å². The van der Waals surface area contributed by atoms with Crippen molar-refractivity contribution in [1.82, 2.24) is 9.78 Å². The van der Waals surface area contributed by atoms with Gasteiger partial charge < -0.3 is 5.73 Å². The zero-order chi connectivity index (χ0) is 11.6. The molecule has 0 aliphatic heterocycles. The molecule has 0 aliphatic rings. The van der Waals surface area contributed by atoms with Gasteiger partial charge in [-0.3, -0.25) is 4.68 Å². The van der Waals surface area contributed by atoms with Gasteiger partial charge in [0.25, 0.3) is 0 Å². The van der Waals surface area contributed by atoms with Crippen LogP contribution in [0.4, 0.5) is 13.2 Å². The molecule has 0 aromatic carbocycles. The summed E-state index contributed by atoms with van der Waals surface area (Å²) in [5.74, 6) is 0. The van der Waals surface area contributed by atoms with Gasteiger partial charge in [0.2, 0.25) is 0 Å². The molecule has 0 fully saturated rings. The summed E-state index contributed by atoms with van der Waals surface area (Å²) >= 11 is 0. The number of rotatable bonds is 3. The number of alkyl halides is 3. The quantitative estimate of drug-likeness (QED) is 0.851. The Kier molecular flexibility index (Phi) is 3.38. The van der Waals surface area contributed by atoms with Gasteiger partial charge in [-0.1, -0.05) is 0 Å². The zero-order valence-electron chi connectivity index (χ0n) is 8.62. The van der Waals surface area contributed by atoms with E-state index in [1.54, 1.807) is 10.9 Å². The molecule has 1 aromatic heterocycles. The molecule has 0 saturated heterocycles. The monoisotopic (exact) mass is 221 g/mol. The van der Waals surface area contributed by atoms with Crippen molar-refractivity contribution in [3.63, 3.8) is 0 Å². The lowest BCUT2D eigenvalue weighted by molar-refractivity contribution is -0.138. The Balaban J connectivity index is 2.70. The Morgan fingerprint density at radius 3 is 2.47 bits per heavy atom. The minimum absolute atomic E-state index is 0.122. The van der Waals surface area contributed by atoms with Crippen LogP contribution in [0.25, 0.3) is 0 Å². The molecule has 1 unspecified atom stereocenters. The number of nitrogens with zero attached hydrogens (tertiary/aromatic N) is 2. The molecule has 2 N–H and O–H groups in total. The normalized spacial score (nSPS) is 14.6. The number of aromatic nitrogens is 2. The first-order chi connectivity index (χ1) is 6.79. The smallest absolute Gasteiger partial charge is 0.324 e. The van der Waals surface area contributed by atoms with Gasteiger partial charge in [-0.2, -0.15) is 18.3 Å². The van der Waals surface area contributed by atoms with E-state index in [9.17, 15) is 13.2 Å². The van der Waals surface area contributed by atoms with Crippen molar-refractivity contribution >= 4 is 0 Å². The van der Waals surface area contributed by atoms with E-state index in [1.165, 1.54) is 6.20 Å². The van der Waals surface area contributed by atoms with Crippen LogP contribution in [-0.2, 0) is 0 Å². The van der Waals surface area contributed by atoms with Crippen molar-refractivity contribution in [2.45, 2.75) is 38.5 Å². The van der Waals surface area contributed by atoms with Crippen molar-refractivity contribution in [3.8, 4) is 0 Å². The van der Waals surface area contributed by atoms with Crippen LogP contribution in [0.2, 0.25) is 0 Å². The van der Waals surface area contributed by atoms with E-state index in [4.69, 9.17) is 5.73 Å². The van der Waals surface area contributed by atoms with Crippen molar-refractivity contribution in [2.75, 3.05) is 0 Å². The first-order valence-electron chi connectivity index (χ1n) is 4.66. The van der Waals surface area contributed by atoms with Crippen LogP contribution in [-0.4, -0.2) is 16.0 Å². The summed E-state index contributed by atoms with van der Waals surface area (Å²) < 4.78 is 37.7. The van der Waals surface area contributed by atoms with Gasteiger partial charge in [-0.25, -0.2) is 0 Å². The lowest BCUT2D eigenvalue weighted by Crippen LogP contribution is -2.19. The molecule has 0 aliphatic carbocycles. The van der Waals surface area contributed by atoms with Gasteiger partial charge in [0.15, 0.2) is 0 Å². The third-order valence-electron chi connectivity index (χ3n) is 2.03. The number of hydrogen-bond donors (Lipinski definition) is 1. The second kappa shape index (κ2) is 4.22. The van der Waals surface area contributed by atoms with Gasteiger partial charge in [-0.05, 0) is 13.8 Å². The average molecular weight is 221 g/mol. The summed E-state index contributed by atoms with van der Waals surface area (Å²) in [5, 5.41) is 3.94. The summed E-state index contributed by atoms with van der Waals surface area (Å²) in [6.45, 7) is 3.79. The molecule has 0 spiro atoms. The van der Waals surface area contributed by atoms with Crippen LogP contribution in [0.5, 0.6) is 0 Å². The maximum atomic E-state index is 12.0. The summed E-state index contributed by atoms with van der Waals surface area (Å²) in [7, 11) is 0. The Bertz CT molecular complexity index is 317. The molecule has 86 valence electrons. The van der Waals surface area contributed by atoms with Gasteiger partial charge in [0.05, 0.1) is 12.6 Å². The van der Waals surface area contributed by atoms with Gasteiger partial charge in [-0.15, -0.1) is 0 Å². The first-order valence-corrected chi connectivity index (χ1v) is 4.66. The molecule has 6 heteroatoms. The topological polar surface area (TPSA) is 43.8 Å². The molecular formula is C9H14F3N3. The summed E-state index contributed by atoms with van der Waals surface area (Å²) in [6.07, 6.45) is -2.31. The van der Waals surface area contributed by atoms with Gasteiger partial charge in [0.1, 0.15) is 0 Å². The van der Waals surface area contributed by atoms with Crippen LogP contribution < -0.4 is 5.73 Å². The van der Waals surface area contributed by atoms with E-state index in [2.05, 4.69) is 5.10 Å². The van der Waals surface area contributed by atoms with Crippen LogP contribution in [0.1, 0.15) is 37.9 Å². The number of hydrogen-bond acceptors (Lipinski definition) is 2. The van der Waals surface area contributed by atoms with E-state index in [0.29, 0.717) is 5.56 Å². The fourth-order valence-corrected chi connectivity index (χ4v) is 1.19. The molecule has 1 atom stereocenters. The highest BCUT2D eigenvalue weighted by Gasteiger charge is 2.31. The van der Waals surface area contributed by atoms with Crippen molar-refractivity contribution in [2.24, 2.45) is 5.73 Å². The number of halogens is 3. The molecule has 15 heavy (non-hydrogen) atoms. The fraction of sp³-hybridized carbons (Fsp3) is 0.667. The van der Waals surface area contributed by atoms with Crippen molar-refractivity contribution in [3.05, 3.63) is 18.0 Å². The third kappa shape index (κ3) is 3.54. The molecular weight excluding hydrogens is 207 g/mol. The minimum Gasteiger partial charge on any atom is -0.324 e. The summed E-state index contributed by atoms with van der Waals surface area (Å²) in [6, 6.07) is -0.908. The van der Waals surface area contributed by atoms with E-state index >= 15 is 0 Å². The zero-order valence-corrected chi connectivity index (χ0v) is 8.62. The highest BCUT2D eigenvalue weighted by Crippen LogP contribution is 2.27. The number of nitrogens with two attached hydrogens (primary N) is 1. The maximum absolute atomic E-state index is 12.0.